The van der Waals surface area contributed by atoms with E-state index in [1.807, 2.05) is 6.26 Å². The molecule has 0 N–H and O–H groups in total. The zero-order valence-electron chi connectivity index (χ0n) is 8.62. The summed E-state index contributed by atoms with van der Waals surface area (Å²) in [6.45, 7) is 3.58. The third kappa shape index (κ3) is 2.04. The van der Waals surface area contributed by atoms with Crippen molar-refractivity contribution in [2.75, 3.05) is 13.4 Å². The molecule has 76 valence electrons. The highest BCUT2D eigenvalue weighted by atomic mass is 32.2. The first-order valence-electron chi connectivity index (χ1n) is 4.07. The molecule has 0 aromatic carbocycles. The van der Waals surface area contributed by atoms with E-state index in [1.54, 1.807) is 13.8 Å². The summed E-state index contributed by atoms with van der Waals surface area (Å²) < 4.78 is 4.67. The Balaban J connectivity index is 3.32. The highest BCUT2D eigenvalue weighted by molar-refractivity contribution is 7.98. The zero-order valence-corrected chi connectivity index (χ0v) is 9.44. The number of ether oxygens (including phenoxy) is 1. The molecule has 0 fully saturated rings. The first-order chi connectivity index (χ1) is 6.60. The molecule has 0 saturated heterocycles. The Hall–Kier alpha value is -1.10. The Kier molecular flexibility index (Phi) is 3.46. The SMILES string of the molecule is COC(=O)c1c(C)nc(C)nc1SC. The molecule has 0 bridgehead atoms. The summed E-state index contributed by atoms with van der Waals surface area (Å²) in [5, 5.41) is 0.668. The summed E-state index contributed by atoms with van der Waals surface area (Å²) in [6.07, 6.45) is 1.87. The monoisotopic (exact) mass is 212 g/mol. The molecular formula is C9H12N2O2S. The van der Waals surface area contributed by atoms with Crippen molar-refractivity contribution in [1.29, 1.82) is 0 Å². The molecule has 0 atom stereocenters. The van der Waals surface area contributed by atoms with E-state index in [4.69, 9.17) is 0 Å². The fourth-order valence-corrected chi connectivity index (χ4v) is 1.82. The molecule has 0 saturated carbocycles. The maximum absolute atomic E-state index is 11.4. The van der Waals surface area contributed by atoms with Crippen molar-refractivity contribution in [2.24, 2.45) is 0 Å². The number of rotatable bonds is 2. The van der Waals surface area contributed by atoms with Gasteiger partial charge in [0.2, 0.25) is 0 Å². The summed E-state index contributed by atoms with van der Waals surface area (Å²) >= 11 is 1.42. The second-order valence-electron chi connectivity index (χ2n) is 2.73. The number of thioether (sulfide) groups is 1. The predicted molar refractivity (Wildman–Crippen MR) is 54.6 cm³/mol. The van der Waals surface area contributed by atoms with Gasteiger partial charge in [0.15, 0.2) is 0 Å². The highest BCUT2D eigenvalue weighted by Crippen LogP contribution is 2.20. The standard InChI is InChI=1S/C9H12N2O2S/c1-5-7(9(12)13-3)8(14-4)11-6(2)10-5/h1-4H3. The second-order valence-corrected chi connectivity index (χ2v) is 3.53. The predicted octanol–water partition coefficient (Wildman–Crippen LogP) is 1.60. The maximum Gasteiger partial charge on any atom is 0.342 e. The van der Waals surface area contributed by atoms with Crippen LogP contribution in [0.2, 0.25) is 0 Å². The highest BCUT2D eigenvalue weighted by Gasteiger charge is 2.17. The van der Waals surface area contributed by atoms with E-state index in [0.717, 1.165) is 0 Å². The molecule has 4 nitrogen and oxygen atoms in total. The molecule has 0 aliphatic rings. The van der Waals surface area contributed by atoms with Gasteiger partial charge in [-0.3, -0.25) is 0 Å². The average molecular weight is 212 g/mol. The van der Waals surface area contributed by atoms with Crippen LogP contribution < -0.4 is 0 Å². The van der Waals surface area contributed by atoms with E-state index in [-0.39, 0.29) is 5.97 Å². The van der Waals surface area contributed by atoms with E-state index < -0.39 is 0 Å². The molecule has 5 heteroatoms. The van der Waals surface area contributed by atoms with E-state index in [1.165, 1.54) is 18.9 Å². The van der Waals surface area contributed by atoms with Gasteiger partial charge in [-0.1, -0.05) is 0 Å². The van der Waals surface area contributed by atoms with Crippen LogP contribution in [0.4, 0.5) is 0 Å². The van der Waals surface area contributed by atoms with Gasteiger partial charge < -0.3 is 4.74 Å². The third-order valence-corrected chi connectivity index (χ3v) is 2.43. The largest absolute Gasteiger partial charge is 0.465 e. The van der Waals surface area contributed by atoms with Crippen LogP contribution in [0.3, 0.4) is 0 Å². The van der Waals surface area contributed by atoms with Crippen molar-refractivity contribution < 1.29 is 9.53 Å². The summed E-state index contributed by atoms with van der Waals surface area (Å²) in [4.78, 5) is 19.7. The lowest BCUT2D eigenvalue weighted by atomic mass is 10.2. The fourth-order valence-electron chi connectivity index (χ4n) is 1.17. The summed E-state index contributed by atoms with van der Waals surface area (Å²) in [6, 6.07) is 0. The minimum Gasteiger partial charge on any atom is -0.465 e. The van der Waals surface area contributed by atoms with Crippen molar-refractivity contribution in [3.63, 3.8) is 0 Å². The molecule has 0 aliphatic heterocycles. The molecule has 1 aromatic heterocycles. The second kappa shape index (κ2) is 4.41. The number of hydrogen-bond donors (Lipinski definition) is 0. The molecular weight excluding hydrogens is 200 g/mol. The lowest BCUT2D eigenvalue weighted by Gasteiger charge is -2.07. The number of carbonyl (C=O) groups is 1. The molecule has 0 radical (unpaired) electrons. The fraction of sp³-hybridized carbons (Fsp3) is 0.444. The number of methoxy groups -OCH3 is 1. The van der Waals surface area contributed by atoms with E-state index >= 15 is 0 Å². The van der Waals surface area contributed by atoms with Gasteiger partial charge in [-0.05, 0) is 20.1 Å². The number of aromatic nitrogens is 2. The van der Waals surface area contributed by atoms with Crippen LogP contribution in [0.25, 0.3) is 0 Å². The minimum absolute atomic E-state index is 0.383. The molecule has 0 spiro atoms. The topological polar surface area (TPSA) is 52.1 Å². The van der Waals surface area contributed by atoms with Crippen LogP contribution in [-0.4, -0.2) is 29.3 Å². The van der Waals surface area contributed by atoms with Crippen molar-refractivity contribution in [3.8, 4) is 0 Å². The van der Waals surface area contributed by atoms with Gasteiger partial charge in [0.05, 0.1) is 12.8 Å². The summed E-state index contributed by atoms with van der Waals surface area (Å²) in [5.41, 5.74) is 1.12. The lowest BCUT2D eigenvalue weighted by molar-refractivity contribution is 0.0594. The van der Waals surface area contributed by atoms with E-state index in [9.17, 15) is 4.79 Å². The normalized spacial score (nSPS) is 10.0. The Morgan fingerprint density at radius 3 is 2.50 bits per heavy atom. The van der Waals surface area contributed by atoms with Gasteiger partial charge >= 0.3 is 5.97 Å². The van der Waals surface area contributed by atoms with Gasteiger partial charge in [-0.15, -0.1) is 11.8 Å². The number of aryl methyl sites for hydroxylation is 2. The quantitative estimate of drug-likeness (QED) is 0.423. The van der Waals surface area contributed by atoms with E-state index in [0.29, 0.717) is 22.1 Å². The van der Waals surface area contributed by atoms with Crippen LogP contribution in [0.15, 0.2) is 5.03 Å². The maximum atomic E-state index is 11.4. The number of nitrogens with zero attached hydrogens (tertiary/aromatic N) is 2. The van der Waals surface area contributed by atoms with Crippen molar-refractivity contribution >= 4 is 17.7 Å². The van der Waals surface area contributed by atoms with Gasteiger partial charge in [-0.25, -0.2) is 14.8 Å². The lowest BCUT2D eigenvalue weighted by Crippen LogP contribution is -2.10. The number of carbonyl (C=O) groups excluding carboxylic acids is 1. The van der Waals surface area contributed by atoms with Crippen LogP contribution in [0.1, 0.15) is 21.9 Å². The van der Waals surface area contributed by atoms with Gasteiger partial charge in [0, 0.05) is 0 Å². The van der Waals surface area contributed by atoms with Gasteiger partial charge in [0.1, 0.15) is 16.4 Å². The van der Waals surface area contributed by atoms with Crippen molar-refractivity contribution in [2.45, 2.75) is 18.9 Å². The molecule has 0 amide bonds. The van der Waals surface area contributed by atoms with Crippen molar-refractivity contribution in [3.05, 3.63) is 17.1 Å². The van der Waals surface area contributed by atoms with Gasteiger partial charge in [0.25, 0.3) is 0 Å². The molecule has 1 rings (SSSR count). The Morgan fingerprint density at radius 1 is 1.36 bits per heavy atom. The molecule has 1 aromatic rings. The summed E-state index contributed by atoms with van der Waals surface area (Å²) in [5.74, 6) is 0.284. The van der Waals surface area contributed by atoms with Crippen molar-refractivity contribution in [1.82, 2.24) is 9.97 Å². The van der Waals surface area contributed by atoms with E-state index in [2.05, 4.69) is 14.7 Å². The van der Waals surface area contributed by atoms with Crippen LogP contribution in [0.5, 0.6) is 0 Å². The number of esters is 1. The smallest absolute Gasteiger partial charge is 0.342 e. The average Bonchev–Trinajstić information content (AvgIpc) is 2.15. The Labute approximate surface area is 87.1 Å². The molecule has 0 unspecified atom stereocenters. The molecule has 14 heavy (non-hydrogen) atoms. The Morgan fingerprint density at radius 2 is 2.00 bits per heavy atom. The molecule has 1 heterocycles. The van der Waals surface area contributed by atoms with Gasteiger partial charge in [-0.2, -0.15) is 0 Å². The minimum atomic E-state index is -0.383. The van der Waals surface area contributed by atoms with Crippen LogP contribution in [-0.2, 0) is 4.74 Å². The zero-order chi connectivity index (χ0) is 10.7. The summed E-state index contributed by atoms with van der Waals surface area (Å²) in [7, 11) is 1.35. The molecule has 0 aliphatic carbocycles. The van der Waals surface area contributed by atoms with Crippen LogP contribution >= 0.6 is 11.8 Å². The Bertz CT molecular complexity index is 366. The third-order valence-electron chi connectivity index (χ3n) is 1.75. The first kappa shape index (κ1) is 11.0. The number of hydrogen-bond acceptors (Lipinski definition) is 5. The van der Waals surface area contributed by atoms with Crippen LogP contribution in [0, 0.1) is 13.8 Å². The first-order valence-corrected chi connectivity index (χ1v) is 5.30.